The summed E-state index contributed by atoms with van der Waals surface area (Å²) < 4.78 is 0. The molecule has 2 aliphatic carbocycles. The highest BCUT2D eigenvalue weighted by molar-refractivity contribution is 9.09. The Hall–Kier alpha value is 0.480. The van der Waals surface area contributed by atoms with E-state index in [1.807, 2.05) is 0 Å². The molecule has 3 atom stereocenters. The molecule has 0 heterocycles. The predicted octanol–water partition coefficient (Wildman–Crippen LogP) is 5.26. The summed E-state index contributed by atoms with van der Waals surface area (Å²) in [6, 6.07) is 0. The number of alkyl halides is 1. The third-order valence-corrected chi connectivity index (χ3v) is 6.30. The van der Waals surface area contributed by atoms with Crippen molar-refractivity contribution in [3.05, 3.63) is 0 Å². The summed E-state index contributed by atoms with van der Waals surface area (Å²) in [6.07, 6.45) is 8.96. The fourth-order valence-electron chi connectivity index (χ4n) is 4.40. The largest absolute Gasteiger partial charge is 0.0925 e. The lowest BCUT2D eigenvalue weighted by Gasteiger charge is -2.48. The standard InChI is InChI=1S/C15H27Br/c1-11-13(12-6-4-5-7-12)8-9-15(2,3)14(11)10-16/h11-14H,4-10H2,1-3H3. The van der Waals surface area contributed by atoms with E-state index < -0.39 is 0 Å². The molecule has 2 saturated carbocycles. The molecule has 16 heavy (non-hydrogen) atoms. The average molecular weight is 287 g/mol. The van der Waals surface area contributed by atoms with Crippen LogP contribution in [0.1, 0.15) is 59.3 Å². The van der Waals surface area contributed by atoms with Gasteiger partial charge in [0.25, 0.3) is 0 Å². The summed E-state index contributed by atoms with van der Waals surface area (Å²) in [7, 11) is 0. The van der Waals surface area contributed by atoms with Gasteiger partial charge in [-0.2, -0.15) is 0 Å². The van der Waals surface area contributed by atoms with Gasteiger partial charge in [0.15, 0.2) is 0 Å². The monoisotopic (exact) mass is 286 g/mol. The molecular weight excluding hydrogens is 260 g/mol. The topological polar surface area (TPSA) is 0 Å². The Morgan fingerprint density at radius 1 is 1.12 bits per heavy atom. The third-order valence-electron chi connectivity index (χ3n) is 5.61. The molecule has 0 aromatic rings. The van der Waals surface area contributed by atoms with Crippen molar-refractivity contribution >= 4 is 15.9 Å². The van der Waals surface area contributed by atoms with Crippen molar-refractivity contribution < 1.29 is 0 Å². The zero-order valence-electron chi connectivity index (χ0n) is 11.1. The zero-order valence-corrected chi connectivity index (χ0v) is 12.7. The molecule has 0 bridgehead atoms. The predicted molar refractivity (Wildman–Crippen MR) is 74.9 cm³/mol. The van der Waals surface area contributed by atoms with E-state index in [9.17, 15) is 0 Å². The molecule has 0 nitrogen and oxygen atoms in total. The second kappa shape index (κ2) is 5.00. The minimum Gasteiger partial charge on any atom is -0.0925 e. The van der Waals surface area contributed by atoms with E-state index in [1.54, 1.807) is 0 Å². The van der Waals surface area contributed by atoms with Crippen LogP contribution in [0.5, 0.6) is 0 Å². The van der Waals surface area contributed by atoms with Crippen molar-refractivity contribution in [1.82, 2.24) is 0 Å². The molecule has 0 spiro atoms. The van der Waals surface area contributed by atoms with Crippen LogP contribution in [0, 0.1) is 29.1 Å². The van der Waals surface area contributed by atoms with E-state index in [1.165, 1.54) is 43.9 Å². The van der Waals surface area contributed by atoms with Crippen molar-refractivity contribution in [3.63, 3.8) is 0 Å². The first kappa shape index (κ1) is 12.9. The third kappa shape index (κ3) is 2.35. The van der Waals surface area contributed by atoms with Crippen LogP contribution >= 0.6 is 15.9 Å². The van der Waals surface area contributed by atoms with Gasteiger partial charge in [0.2, 0.25) is 0 Å². The lowest BCUT2D eigenvalue weighted by molar-refractivity contribution is 0.0278. The van der Waals surface area contributed by atoms with Crippen LogP contribution in [-0.2, 0) is 0 Å². The van der Waals surface area contributed by atoms with Crippen molar-refractivity contribution in [3.8, 4) is 0 Å². The second-order valence-electron chi connectivity index (χ2n) is 6.86. The molecule has 2 rings (SSSR count). The Bertz CT molecular complexity index is 228. The van der Waals surface area contributed by atoms with E-state index in [4.69, 9.17) is 0 Å². The van der Waals surface area contributed by atoms with Crippen LogP contribution in [0.3, 0.4) is 0 Å². The fraction of sp³-hybridized carbons (Fsp3) is 1.00. The number of halogens is 1. The van der Waals surface area contributed by atoms with Crippen molar-refractivity contribution in [2.24, 2.45) is 29.1 Å². The molecule has 2 fully saturated rings. The SMILES string of the molecule is CC1C(C2CCCC2)CCC(C)(C)C1CBr. The number of rotatable bonds is 2. The first-order valence-electron chi connectivity index (χ1n) is 7.12. The Balaban J connectivity index is 2.07. The van der Waals surface area contributed by atoms with Crippen LogP contribution in [0.4, 0.5) is 0 Å². The minimum absolute atomic E-state index is 0.554. The van der Waals surface area contributed by atoms with Gasteiger partial charge in [-0.15, -0.1) is 0 Å². The Labute approximate surface area is 110 Å². The van der Waals surface area contributed by atoms with Crippen LogP contribution in [0.2, 0.25) is 0 Å². The van der Waals surface area contributed by atoms with Gasteiger partial charge in [-0.05, 0) is 41.9 Å². The highest BCUT2D eigenvalue weighted by atomic mass is 79.9. The molecule has 0 amide bonds. The van der Waals surface area contributed by atoms with Crippen molar-refractivity contribution in [1.29, 1.82) is 0 Å². The number of hydrogen-bond donors (Lipinski definition) is 0. The molecule has 1 heteroatoms. The van der Waals surface area contributed by atoms with Crippen molar-refractivity contribution in [2.75, 3.05) is 5.33 Å². The summed E-state index contributed by atoms with van der Waals surface area (Å²) >= 11 is 3.76. The van der Waals surface area contributed by atoms with Crippen LogP contribution in [0.25, 0.3) is 0 Å². The smallest absolute Gasteiger partial charge is 0.00674 e. The summed E-state index contributed by atoms with van der Waals surface area (Å²) in [5, 5.41) is 1.20. The zero-order chi connectivity index (χ0) is 11.8. The highest BCUT2D eigenvalue weighted by Gasteiger charge is 2.43. The maximum absolute atomic E-state index is 3.76. The maximum Gasteiger partial charge on any atom is 0.00674 e. The lowest BCUT2D eigenvalue weighted by Crippen LogP contribution is -2.41. The van der Waals surface area contributed by atoms with Gasteiger partial charge in [0, 0.05) is 5.33 Å². The Morgan fingerprint density at radius 3 is 2.31 bits per heavy atom. The van der Waals surface area contributed by atoms with Crippen molar-refractivity contribution in [2.45, 2.75) is 59.3 Å². The van der Waals surface area contributed by atoms with E-state index in [2.05, 4.69) is 36.7 Å². The molecule has 0 radical (unpaired) electrons. The second-order valence-corrected chi connectivity index (χ2v) is 7.50. The Kier molecular flexibility index (Phi) is 4.04. The van der Waals surface area contributed by atoms with Crippen LogP contribution in [0.15, 0.2) is 0 Å². The first-order valence-corrected chi connectivity index (χ1v) is 8.24. The summed E-state index contributed by atoms with van der Waals surface area (Å²) in [5.41, 5.74) is 0.554. The first-order chi connectivity index (χ1) is 7.56. The summed E-state index contributed by atoms with van der Waals surface area (Å²) in [6.45, 7) is 7.47. The minimum atomic E-state index is 0.554. The van der Waals surface area contributed by atoms with E-state index in [0.29, 0.717) is 5.41 Å². The lowest BCUT2D eigenvalue weighted by atomic mass is 9.58. The molecular formula is C15H27Br. The Morgan fingerprint density at radius 2 is 1.75 bits per heavy atom. The van der Waals surface area contributed by atoms with Gasteiger partial charge < -0.3 is 0 Å². The summed E-state index contributed by atoms with van der Waals surface area (Å²) in [4.78, 5) is 0. The quantitative estimate of drug-likeness (QED) is 0.608. The van der Waals surface area contributed by atoms with Crippen LogP contribution < -0.4 is 0 Å². The van der Waals surface area contributed by atoms with E-state index >= 15 is 0 Å². The molecule has 0 aromatic carbocycles. The highest BCUT2D eigenvalue weighted by Crippen LogP contribution is 2.51. The molecule has 0 aliphatic heterocycles. The number of hydrogen-bond acceptors (Lipinski definition) is 0. The van der Waals surface area contributed by atoms with Gasteiger partial charge in [-0.3, -0.25) is 0 Å². The van der Waals surface area contributed by atoms with Crippen LogP contribution in [-0.4, -0.2) is 5.33 Å². The van der Waals surface area contributed by atoms with Gasteiger partial charge >= 0.3 is 0 Å². The normalized spacial score (nSPS) is 40.1. The molecule has 0 aromatic heterocycles. The maximum atomic E-state index is 3.76. The molecule has 94 valence electrons. The fourth-order valence-corrected chi connectivity index (χ4v) is 5.86. The molecule has 2 aliphatic rings. The summed E-state index contributed by atoms with van der Waals surface area (Å²) in [5.74, 6) is 3.89. The molecule has 0 saturated heterocycles. The van der Waals surface area contributed by atoms with E-state index in [0.717, 1.165) is 23.7 Å². The van der Waals surface area contributed by atoms with Gasteiger partial charge in [-0.25, -0.2) is 0 Å². The van der Waals surface area contributed by atoms with E-state index in [-0.39, 0.29) is 0 Å². The molecule has 3 unspecified atom stereocenters. The van der Waals surface area contributed by atoms with Gasteiger partial charge in [0.1, 0.15) is 0 Å². The molecule has 0 N–H and O–H groups in total. The van der Waals surface area contributed by atoms with Gasteiger partial charge in [0.05, 0.1) is 0 Å². The van der Waals surface area contributed by atoms with Gasteiger partial charge in [-0.1, -0.05) is 62.4 Å². The average Bonchev–Trinajstić information content (AvgIpc) is 2.70.